The van der Waals surface area contributed by atoms with Gasteiger partial charge in [0.05, 0.1) is 18.2 Å². The number of nitrogens with two attached hydrogens (primary N) is 1. The molecule has 2 nitrogen and oxygen atoms in total. The fourth-order valence-corrected chi connectivity index (χ4v) is 2.57. The number of alkyl halides is 6. The number of methoxy groups -OCH3 is 1. The smallest absolute Gasteiger partial charge is 0.416 e. The van der Waals surface area contributed by atoms with E-state index in [0.29, 0.717) is 18.9 Å². The highest BCUT2D eigenvalue weighted by molar-refractivity contribution is 5.85. The van der Waals surface area contributed by atoms with Gasteiger partial charge in [0, 0.05) is 11.6 Å². The topological polar surface area (TPSA) is 35.2 Å². The Hall–Kier alpha value is -1.15. The average molecular weight is 364 g/mol. The van der Waals surface area contributed by atoms with Crippen molar-refractivity contribution in [3.8, 4) is 5.75 Å². The first-order valence-corrected chi connectivity index (χ1v) is 6.67. The van der Waals surface area contributed by atoms with Crippen molar-refractivity contribution in [2.24, 2.45) is 11.7 Å². The minimum atomic E-state index is -4.94. The van der Waals surface area contributed by atoms with Gasteiger partial charge in [-0.05, 0) is 30.9 Å². The molecule has 9 heteroatoms. The van der Waals surface area contributed by atoms with Gasteiger partial charge in [0.25, 0.3) is 0 Å². The van der Waals surface area contributed by atoms with Gasteiger partial charge >= 0.3 is 12.4 Å². The summed E-state index contributed by atoms with van der Waals surface area (Å²) in [5.41, 5.74) is 2.70. The summed E-state index contributed by atoms with van der Waals surface area (Å²) in [6.07, 6.45) is -7.68. The summed E-state index contributed by atoms with van der Waals surface area (Å²) < 4.78 is 82.7. The van der Waals surface area contributed by atoms with E-state index in [9.17, 15) is 26.3 Å². The zero-order chi connectivity index (χ0) is 16.7. The lowest BCUT2D eigenvalue weighted by Crippen LogP contribution is -2.30. The van der Waals surface area contributed by atoms with Gasteiger partial charge in [0.2, 0.25) is 0 Å². The van der Waals surface area contributed by atoms with Crippen LogP contribution in [-0.2, 0) is 12.4 Å². The molecule has 0 unspecified atom stereocenters. The van der Waals surface area contributed by atoms with E-state index in [1.165, 1.54) is 0 Å². The first-order chi connectivity index (χ1) is 10.1. The fourth-order valence-electron chi connectivity index (χ4n) is 2.57. The molecule has 1 aliphatic rings. The monoisotopic (exact) mass is 363 g/mol. The number of benzene rings is 1. The molecule has 0 aliphatic heterocycles. The van der Waals surface area contributed by atoms with Crippen LogP contribution in [0.2, 0.25) is 0 Å². The van der Waals surface area contributed by atoms with Gasteiger partial charge in [-0.15, -0.1) is 12.4 Å². The van der Waals surface area contributed by atoms with Gasteiger partial charge in [0.1, 0.15) is 5.75 Å². The number of ether oxygens (including phenoxy) is 1. The van der Waals surface area contributed by atoms with Crippen LogP contribution in [-0.4, -0.2) is 7.11 Å². The summed E-state index contributed by atoms with van der Waals surface area (Å²) in [5, 5.41) is 0. The molecule has 2 rings (SSSR count). The second-order valence-corrected chi connectivity index (χ2v) is 5.35. The predicted molar refractivity (Wildman–Crippen MR) is 74.5 cm³/mol. The second-order valence-electron chi connectivity index (χ2n) is 5.35. The maximum atomic E-state index is 13.2. The Kier molecular flexibility index (Phi) is 5.85. The Bertz CT molecular complexity index is 553. The number of halogens is 7. The lowest BCUT2D eigenvalue weighted by atomic mass is 9.76. The van der Waals surface area contributed by atoms with E-state index in [0.717, 1.165) is 13.5 Å². The summed E-state index contributed by atoms with van der Waals surface area (Å²) in [6, 6.07) is -0.318. The number of hydrogen-bond acceptors (Lipinski definition) is 2. The average Bonchev–Trinajstić information content (AvgIpc) is 2.32. The minimum Gasteiger partial charge on any atom is -0.496 e. The van der Waals surface area contributed by atoms with E-state index in [-0.39, 0.29) is 24.4 Å². The third-order valence-corrected chi connectivity index (χ3v) is 3.99. The van der Waals surface area contributed by atoms with Crippen LogP contribution in [0.15, 0.2) is 12.1 Å². The third-order valence-electron chi connectivity index (χ3n) is 3.99. The van der Waals surface area contributed by atoms with Crippen LogP contribution < -0.4 is 10.5 Å². The maximum Gasteiger partial charge on any atom is 0.416 e. The molecule has 1 fully saturated rings. The van der Waals surface area contributed by atoms with Gasteiger partial charge in [-0.3, -0.25) is 0 Å². The Morgan fingerprint density at radius 1 is 1.09 bits per heavy atom. The van der Waals surface area contributed by atoms with Crippen molar-refractivity contribution in [2.75, 3.05) is 7.11 Å². The van der Waals surface area contributed by atoms with Crippen LogP contribution in [0.5, 0.6) is 5.75 Å². The molecule has 1 aliphatic carbocycles. The van der Waals surface area contributed by atoms with Crippen molar-refractivity contribution in [1.29, 1.82) is 0 Å². The standard InChI is InChI=1S/C14H15F6NO.ClH/c1-22-10-6-8(13(15,16)17)5-9(14(18,19)20)11(10)12(21)7-3-2-4-7;/h5-7,12H,2-4,21H2,1H3;1H/t12-;/m1./s1. The lowest BCUT2D eigenvalue weighted by Gasteiger charge is -2.33. The highest BCUT2D eigenvalue weighted by Gasteiger charge is 2.42. The van der Waals surface area contributed by atoms with E-state index in [1.54, 1.807) is 0 Å². The van der Waals surface area contributed by atoms with Gasteiger partial charge < -0.3 is 10.5 Å². The van der Waals surface area contributed by atoms with E-state index in [2.05, 4.69) is 0 Å². The first kappa shape index (κ1) is 19.9. The summed E-state index contributed by atoms with van der Waals surface area (Å²) >= 11 is 0. The van der Waals surface area contributed by atoms with Crippen LogP contribution in [0.3, 0.4) is 0 Å². The van der Waals surface area contributed by atoms with Crippen LogP contribution in [0.1, 0.15) is 42.0 Å². The highest BCUT2D eigenvalue weighted by Crippen LogP contribution is 2.47. The summed E-state index contributed by atoms with van der Waals surface area (Å²) in [5.74, 6) is -0.645. The Morgan fingerprint density at radius 2 is 1.65 bits per heavy atom. The van der Waals surface area contributed by atoms with Crippen molar-refractivity contribution in [3.05, 3.63) is 28.8 Å². The predicted octanol–water partition coefficient (Wildman–Crippen LogP) is 4.95. The molecule has 0 bridgehead atoms. The molecular weight excluding hydrogens is 348 g/mol. The van der Waals surface area contributed by atoms with Crippen molar-refractivity contribution in [1.82, 2.24) is 0 Å². The molecule has 1 atom stereocenters. The van der Waals surface area contributed by atoms with Crippen molar-refractivity contribution in [3.63, 3.8) is 0 Å². The molecule has 0 radical (unpaired) electrons. The van der Waals surface area contributed by atoms with E-state index < -0.39 is 40.8 Å². The molecule has 0 amide bonds. The van der Waals surface area contributed by atoms with Gasteiger partial charge in [-0.1, -0.05) is 6.42 Å². The zero-order valence-corrected chi connectivity index (χ0v) is 12.9. The molecule has 0 saturated heterocycles. The van der Waals surface area contributed by atoms with Crippen LogP contribution in [0.25, 0.3) is 0 Å². The minimum absolute atomic E-state index is 0. The Balaban J connectivity index is 0.00000264. The molecule has 23 heavy (non-hydrogen) atoms. The van der Waals surface area contributed by atoms with E-state index >= 15 is 0 Å². The molecule has 1 saturated carbocycles. The third kappa shape index (κ3) is 4.03. The quantitative estimate of drug-likeness (QED) is 0.771. The molecular formula is C14H16ClF6NO. The summed E-state index contributed by atoms with van der Waals surface area (Å²) in [6.45, 7) is 0. The molecule has 0 aromatic heterocycles. The van der Waals surface area contributed by atoms with Crippen LogP contribution in [0, 0.1) is 5.92 Å². The summed E-state index contributed by atoms with van der Waals surface area (Å²) in [7, 11) is 1.03. The number of hydrogen-bond donors (Lipinski definition) is 1. The van der Waals surface area contributed by atoms with Gasteiger partial charge in [-0.25, -0.2) is 0 Å². The van der Waals surface area contributed by atoms with Gasteiger partial charge in [-0.2, -0.15) is 26.3 Å². The normalized spacial score (nSPS) is 17.2. The first-order valence-electron chi connectivity index (χ1n) is 6.67. The van der Waals surface area contributed by atoms with Gasteiger partial charge in [0.15, 0.2) is 0 Å². The fraction of sp³-hybridized carbons (Fsp3) is 0.571. The molecule has 132 valence electrons. The Labute approximate surface area is 135 Å². The van der Waals surface area contributed by atoms with Crippen molar-refractivity contribution in [2.45, 2.75) is 37.7 Å². The highest BCUT2D eigenvalue weighted by atomic mass is 35.5. The van der Waals surface area contributed by atoms with Crippen LogP contribution >= 0.6 is 12.4 Å². The molecule has 1 aromatic rings. The van der Waals surface area contributed by atoms with Crippen LogP contribution in [0.4, 0.5) is 26.3 Å². The van der Waals surface area contributed by atoms with Crippen molar-refractivity contribution >= 4 is 12.4 Å². The molecule has 1 aromatic carbocycles. The molecule has 0 heterocycles. The van der Waals surface area contributed by atoms with E-state index in [4.69, 9.17) is 10.5 Å². The summed E-state index contributed by atoms with van der Waals surface area (Å²) in [4.78, 5) is 0. The second kappa shape index (κ2) is 6.76. The zero-order valence-electron chi connectivity index (χ0n) is 12.1. The molecule has 0 spiro atoms. The molecule has 2 N–H and O–H groups in total. The SMILES string of the molecule is COc1cc(C(F)(F)F)cc(C(F)(F)F)c1[C@H](N)C1CCC1.Cl. The Morgan fingerprint density at radius 3 is 2.00 bits per heavy atom. The maximum absolute atomic E-state index is 13.2. The lowest BCUT2D eigenvalue weighted by molar-refractivity contribution is -0.143. The van der Waals surface area contributed by atoms with Crippen molar-refractivity contribution < 1.29 is 31.1 Å². The number of rotatable bonds is 3. The largest absolute Gasteiger partial charge is 0.496 e. The van der Waals surface area contributed by atoms with E-state index in [1.807, 2.05) is 0 Å².